The van der Waals surface area contributed by atoms with Crippen molar-refractivity contribution in [3.8, 4) is 11.3 Å². The van der Waals surface area contributed by atoms with Gasteiger partial charge in [0.2, 0.25) is 0 Å². The number of nitrogens with zero attached hydrogens (tertiary/aromatic N) is 2. The number of hydrogen-bond acceptors (Lipinski definition) is 5. The summed E-state index contributed by atoms with van der Waals surface area (Å²) in [4.78, 5) is 26.6. The van der Waals surface area contributed by atoms with Crippen LogP contribution in [0.25, 0.3) is 11.3 Å². The van der Waals surface area contributed by atoms with Gasteiger partial charge in [0.1, 0.15) is 0 Å². The van der Waals surface area contributed by atoms with Crippen LogP contribution in [0.1, 0.15) is 42.6 Å². The van der Waals surface area contributed by atoms with Crippen molar-refractivity contribution in [2.24, 2.45) is 5.92 Å². The predicted molar refractivity (Wildman–Crippen MR) is 103 cm³/mol. The Hall–Kier alpha value is -2.81. The molecule has 4 rings (SSSR count). The summed E-state index contributed by atoms with van der Waals surface area (Å²) < 4.78 is 32.4. The van der Waals surface area contributed by atoms with Crippen molar-refractivity contribution in [2.75, 3.05) is 13.1 Å². The van der Waals surface area contributed by atoms with Crippen LogP contribution in [0.3, 0.4) is 0 Å². The molecule has 160 valence electrons. The topological polar surface area (TPSA) is 95.7 Å². The molecule has 0 spiro atoms. The van der Waals surface area contributed by atoms with Crippen molar-refractivity contribution in [1.29, 1.82) is 0 Å². The number of carbonyl (C=O) groups excluding carboxylic acids is 1. The summed E-state index contributed by atoms with van der Waals surface area (Å²) >= 11 is 0. The van der Waals surface area contributed by atoms with Crippen molar-refractivity contribution in [3.05, 3.63) is 41.6 Å². The van der Waals surface area contributed by atoms with Gasteiger partial charge in [0.15, 0.2) is 23.1 Å². The summed E-state index contributed by atoms with van der Waals surface area (Å²) in [7, 11) is 0. The van der Waals surface area contributed by atoms with Crippen molar-refractivity contribution in [1.82, 2.24) is 15.4 Å². The van der Waals surface area contributed by atoms with E-state index in [1.54, 1.807) is 0 Å². The highest BCUT2D eigenvalue weighted by molar-refractivity contribution is 5.93. The number of carbonyl (C=O) groups is 2. The lowest BCUT2D eigenvalue weighted by Gasteiger charge is -2.39. The van der Waals surface area contributed by atoms with E-state index in [0.717, 1.165) is 25.5 Å². The fraction of sp³-hybridized carbons (Fsp3) is 0.476. The second-order valence-electron chi connectivity index (χ2n) is 7.92. The minimum absolute atomic E-state index is 0.0806. The van der Waals surface area contributed by atoms with E-state index in [-0.39, 0.29) is 17.0 Å². The highest BCUT2D eigenvalue weighted by Crippen LogP contribution is 2.29. The van der Waals surface area contributed by atoms with Crippen LogP contribution < -0.4 is 5.32 Å². The Balaban J connectivity index is 1.45. The number of carboxylic acid groups (broad SMARTS) is 1. The Bertz CT molecular complexity index is 942. The third-order valence-electron chi connectivity index (χ3n) is 6.08. The lowest BCUT2D eigenvalue weighted by atomic mass is 9.90. The van der Waals surface area contributed by atoms with Crippen molar-refractivity contribution in [3.63, 3.8) is 0 Å². The molecular formula is C21H23F2N3O4. The van der Waals surface area contributed by atoms with Gasteiger partial charge in [-0.15, -0.1) is 0 Å². The standard InChI is InChI=1S/C21H23F2N3O4/c22-15-7-3-6-13(19(15)23)18-10-17(25-30-18)20(27)24-16-8-9-26(11-14(16)21(28)29)12-4-1-2-5-12/h3,6-7,10,12,14,16H,1-2,4-5,8-9,11H2,(H,24,27)(H,28,29)/t14-,16-/m0/s1. The summed E-state index contributed by atoms with van der Waals surface area (Å²) in [5, 5.41) is 16.0. The average Bonchev–Trinajstić information content (AvgIpc) is 3.42. The Kier molecular flexibility index (Phi) is 5.80. The van der Waals surface area contributed by atoms with Crippen LogP contribution in [-0.4, -0.2) is 52.2 Å². The van der Waals surface area contributed by atoms with Crippen LogP contribution in [0.15, 0.2) is 28.8 Å². The first-order valence-electron chi connectivity index (χ1n) is 10.1. The zero-order valence-electron chi connectivity index (χ0n) is 16.3. The number of nitrogens with one attached hydrogen (secondary N) is 1. The molecule has 2 heterocycles. The fourth-order valence-electron chi connectivity index (χ4n) is 4.45. The van der Waals surface area contributed by atoms with Gasteiger partial charge in [-0.05, 0) is 31.4 Å². The van der Waals surface area contributed by atoms with Crippen LogP contribution in [0.4, 0.5) is 8.78 Å². The molecule has 2 fully saturated rings. The fourth-order valence-corrected chi connectivity index (χ4v) is 4.45. The predicted octanol–water partition coefficient (Wildman–Crippen LogP) is 3.07. The summed E-state index contributed by atoms with van der Waals surface area (Å²) in [6.07, 6.45) is 5.02. The number of rotatable bonds is 5. The molecule has 0 radical (unpaired) electrons. The first-order chi connectivity index (χ1) is 14.4. The highest BCUT2D eigenvalue weighted by Gasteiger charge is 2.38. The molecule has 2 atom stereocenters. The van der Waals surface area contributed by atoms with E-state index in [4.69, 9.17) is 4.52 Å². The number of amides is 1. The van der Waals surface area contributed by atoms with Gasteiger partial charge in [-0.3, -0.25) is 14.5 Å². The van der Waals surface area contributed by atoms with Crippen LogP contribution >= 0.6 is 0 Å². The van der Waals surface area contributed by atoms with E-state index >= 15 is 0 Å². The van der Waals surface area contributed by atoms with Crippen LogP contribution in [0.2, 0.25) is 0 Å². The molecule has 0 bridgehead atoms. The van der Waals surface area contributed by atoms with Crippen LogP contribution in [0.5, 0.6) is 0 Å². The molecule has 7 nitrogen and oxygen atoms in total. The van der Waals surface area contributed by atoms with Crippen molar-refractivity contribution >= 4 is 11.9 Å². The number of aliphatic carboxylic acids is 1. The minimum atomic E-state index is -1.09. The lowest BCUT2D eigenvalue weighted by molar-refractivity contribution is -0.145. The molecule has 1 saturated carbocycles. The van der Waals surface area contributed by atoms with E-state index in [9.17, 15) is 23.5 Å². The second-order valence-corrected chi connectivity index (χ2v) is 7.92. The van der Waals surface area contributed by atoms with Gasteiger partial charge < -0.3 is 14.9 Å². The molecule has 9 heteroatoms. The number of benzene rings is 1. The number of piperidine rings is 1. The van der Waals surface area contributed by atoms with Gasteiger partial charge in [-0.1, -0.05) is 24.1 Å². The van der Waals surface area contributed by atoms with Gasteiger partial charge in [-0.25, -0.2) is 8.78 Å². The molecule has 1 aromatic heterocycles. The van der Waals surface area contributed by atoms with Crippen molar-refractivity contribution < 1.29 is 28.0 Å². The number of aromatic nitrogens is 1. The van der Waals surface area contributed by atoms with Crippen LogP contribution in [0, 0.1) is 17.6 Å². The Morgan fingerprint density at radius 3 is 2.70 bits per heavy atom. The van der Waals surface area contributed by atoms with Gasteiger partial charge in [0.05, 0.1) is 11.5 Å². The number of carboxylic acids is 1. The molecule has 1 aliphatic heterocycles. The Morgan fingerprint density at radius 1 is 1.20 bits per heavy atom. The summed E-state index contributed by atoms with van der Waals surface area (Å²) in [6.45, 7) is 1.11. The summed E-state index contributed by atoms with van der Waals surface area (Å²) in [5.74, 6) is -4.49. The molecule has 1 aromatic carbocycles. The average molecular weight is 419 g/mol. The Morgan fingerprint density at radius 2 is 1.97 bits per heavy atom. The van der Waals surface area contributed by atoms with Gasteiger partial charge >= 0.3 is 5.97 Å². The molecule has 0 unspecified atom stereocenters. The van der Waals surface area contributed by atoms with Gasteiger partial charge in [0.25, 0.3) is 5.91 Å². The monoisotopic (exact) mass is 419 g/mol. The van der Waals surface area contributed by atoms with E-state index in [0.29, 0.717) is 19.0 Å². The Labute approximate surface area is 172 Å². The SMILES string of the molecule is O=C(N[C@H]1CCN(C2CCCC2)C[C@@H]1C(=O)O)c1cc(-c2cccc(F)c2F)on1. The lowest BCUT2D eigenvalue weighted by Crippen LogP contribution is -2.55. The molecule has 1 saturated heterocycles. The van der Waals surface area contributed by atoms with Crippen molar-refractivity contribution in [2.45, 2.75) is 44.2 Å². The molecule has 1 amide bonds. The maximum Gasteiger partial charge on any atom is 0.309 e. The molecule has 2 aromatic rings. The summed E-state index contributed by atoms with van der Waals surface area (Å²) in [5.41, 5.74) is -0.258. The maximum atomic E-state index is 13.9. The van der Waals surface area contributed by atoms with Gasteiger partial charge in [-0.2, -0.15) is 0 Å². The first kappa shape index (κ1) is 20.5. The molecule has 2 aliphatic rings. The maximum absolute atomic E-state index is 13.9. The van der Waals surface area contributed by atoms with Crippen LogP contribution in [-0.2, 0) is 4.79 Å². The third kappa shape index (κ3) is 4.07. The van der Waals surface area contributed by atoms with E-state index in [1.165, 1.54) is 31.0 Å². The quantitative estimate of drug-likeness (QED) is 0.773. The van der Waals surface area contributed by atoms with E-state index in [2.05, 4.69) is 15.4 Å². The minimum Gasteiger partial charge on any atom is -0.481 e. The molecular weight excluding hydrogens is 396 g/mol. The molecule has 30 heavy (non-hydrogen) atoms. The highest BCUT2D eigenvalue weighted by atomic mass is 19.2. The smallest absolute Gasteiger partial charge is 0.309 e. The number of halogens is 2. The zero-order valence-corrected chi connectivity index (χ0v) is 16.3. The number of hydrogen-bond donors (Lipinski definition) is 2. The van der Waals surface area contributed by atoms with Gasteiger partial charge in [0, 0.05) is 31.2 Å². The molecule has 2 N–H and O–H groups in total. The molecule has 1 aliphatic carbocycles. The van der Waals surface area contributed by atoms with E-state index in [1.807, 2.05) is 0 Å². The number of likely N-dealkylation sites (tertiary alicyclic amines) is 1. The second kappa shape index (κ2) is 8.51. The first-order valence-corrected chi connectivity index (χ1v) is 10.1. The normalized spacial score (nSPS) is 22.9. The summed E-state index contributed by atoms with van der Waals surface area (Å²) in [6, 6.07) is 4.72. The largest absolute Gasteiger partial charge is 0.481 e. The van der Waals surface area contributed by atoms with E-state index < -0.39 is 35.5 Å². The zero-order chi connectivity index (χ0) is 21.3. The third-order valence-corrected chi connectivity index (χ3v) is 6.08.